The van der Waals surface area contributed by atoms with Crippen LogP contribution >= 0.6 is 0 Å². The number of hydrazine groups is 1. The van der Waals surface area contributed by atoms with E-state index < -0.39 is 0 Å². The third-order valence-corrected chi connectivity index (χ3v) is 4.29. The number of nitrogens with one attached hydrogen (secondary N) is 1. The van der Waals surface area contributed by atoms with Gasteiger partial charge in [0.2, 0.25) is 0 Å². The zero-order chi connectivity index (χ0) is 16.5. The highest BCUT2D eigenvalue weighted by molar-refractivity contribution is 5.27. The molecule has 1 heterocycles. The van der Waals surface area contributed by atoms with Gasteiger partial charge < -0.3 is 10.2 Å². The van der Waals surface area contributed by atoms with Crippen molar-refractivity contribution >= 4 is 0 Å². The molecule has 1 fully saturated rings. The average molecular weight is 318 g/mol. The number of benzene rings is 1. The lowest BCUT2D eigenvalue weighted by molar-refractivity contribution is 0.133. The van der Waals surface area contributed by atoms with Crippen LogP contribution < -0.4 is 16.0 Å². The third kappa shape index (κ3) is 5.86. The Bertz CT molecular complexity index is 478. The summed E-state index contributed by atoms with van der Waals surface area (Å²) < 4.78 is 5.21. The van der Waals surface area contributed by atoms with E-state index in [1.807, 2.05) is 12.1 Å². The number of hydrogen-bond acceptors (Lipinski definition) is 5. The fraction of sp³-hybridized carbons (Fsp3) is 0.556. The van der Waals surface area contributed by atoms with Crippen LogP contribution in [0.3, 0.4) is 0 Å². The summed E-state index contributed by atoms with van der Waals surface area (Å²) in [6, 6.07) is 8.36. The topological polar surface area (TPSA) is 53.8 Å². The quantitative estimate of drug-likeness (QED) is 0.567. The van der Waals surface area contributed by atoms with Crippen molar-refractivity contribution in [3.05, 3.63) is 41.6 Å². The Morgan fingerprint density at radius 2 is 1.83 bits per heavy atom. The van der Waals surface area contributed by atoms with Crippen molar-refractivity contribution in [3.63, 3.8) is 0 Å². The van der Waals surface area contributed by atoms with Gasteiger partial charge in [-0.3, -0.25) is 15.6 Å². The number of allylic oxidation sites excluding steroid dienone is 1. The van der Waals surface area contributed by atoms with Gasteiger partial charge in [0.25, 0.3) is 0 Å². The molecule has 5 heteroatoms. The molecule has 5 nitrogen and oxygen atoms in total. The predicted molar refractivity (Wildman–Crippen MR) is 95.0 cm³/mol. The molecular formula is C18H30N4O. The van der Waals surface area contributed by atoms with E-state index in [9.17, 15) is 0 Å². The highest BCUT2D eigenvalue weighted by Crippen LogP contribution is 2.14. The van der Waals surface area contributed by atoms with Gasteiger partial charge in [0.1, 0.15) is 5.75 Å². The fourth-order valence-corrected chi connectivity index (χ4v) is 2.82. The van der Waals surface area contributed by atoms with E-state index in [1.165, 1.54) is 5.56 Å². The largest absolute Gasteiger partial charge is 0.497 e. The van der Waals surface area contributed by atoms with Crippen molar-refractivity contribution in [2.45, 2.75) is 26.3 Å². The number of ether oxygens (including phenoxy) is 1. The summed E-state index contributed by atoms with van der Waals surface area (Å²) in [6.45, 7) is 8.47. The fourth-order valence-electron chi connectivity index (χ4n) is 2.82. The van der Waals surface area contributed by atoms with Crippen LogP contribution in [-0.2, 0) is 6.54 Å². The van der Waals surface area contributed by atoms with Crippen LogP contribution in [0.2, 0.25) is 0 Å². The first-order chi connectivity index (χ1) is 11.2. The van der Waals surface area contributed by atoms with Gasteiger partial charge in [-0.25, -0.2) is 0 Å². The minimum atomic E-state index is 0.916. The van der Waals surface area contributed by atoms with Crippen molar-refractivity contribution in [3.8, 4) is 5.75 Å². The molecule has 1 saturated heterocycles. The van der Waals surface area contributed by atoms with Crippen molar-refractivity contribution in [2.75, 3.05) is 39.8 Å². The summed E-state index contributed by atoms with van der Waals surface area (Å²) in [5.41, 5.74) is 5.31. The maximum atomic E-state index is 5.62. The van der Waals surface area contributed by atoms with Gasteiger partial charge in [-0.2, -0.15) is 0 Å². The molecule has 128 valence electrons. The molecule has 1 aromatic carbocycles. The summed E-state index contributed by atoms with van der Waals surface area (Å²) in [4.78, 5) is 4.97. The molecule has 0 unspecified atom stereocenters. The molecule has 1 aliphatic rings. The number of hydrogen-bond donors (Lipinski definition) is 2. The Hall–Kier alpha value is -1.56. The monoisotopic (exact) mass is 318 g/mol. The van der Waals surface area contributed by atoms with E-state index in [0.29, 0.717) is 0 Å². The normalized spacial score (nSPS) is 17.3. The number of methoxy groups -OCH3 is 1. The number of unbranched alkanes of at least 4 members (excludes halogenated alkanes) is 1. The summed E-state index contributed by atoms with van der Waals surface area (Å²) in [5, 5.41) is 0. The molecule has 0 amide bonds. The van der Waals surface area contributed by atoms with E-state index in [1.54, 1.807) is 7.11 Å². The van der Waals surface area contributed by atoms with Crippen LogP contribution in [0.15, 0.2) is 36.0 Å². The zero-order valence-corrected chi connectivity index (χ0v) is 14.4. The minimum Gasteiger partial charge on any atom is -0.497 e. The molecule has 23 heavy (non-hydrogen) atoms. The molecule has 0 bridgehead atoms. The van der Waals surface area contributed by atoms with Crippen molar-refractivity contribution < 1.29 is 4.74 Å². The van der Waals surface area contributed by atoms with Crippen molar-refractivity contribution in [2.24, 2.45) is 5.84 Å². The van der Waals surface area contributed by atoms with Gasteiger partial charge in [-0.15, -0.1) is 0 Å². The van der Waals surface area contributed by atoms with E-state index in [0.717, 1.165) is 63.6 Å². The second-order valence-electron chi connectivity index (χ2n) is 6.06. The first-order valence-electron chi connectivity index (χ1n) is 8.48. The smallest absolute Gasteiger partial charge is 0.118 e. The van der Waals surface area contributed by atoms with E-state index >= 15 is 0 Å². The average Bonchev–Trinajstić information content (AvgIpc) is 2.60. The van der Waals surface area contributed by atoms with Gasteiger partial charge in [0.05, 0.1) is 7.11 Å². The van der Waals surface area contributed by atoms with Gasteiger partial charge in [0.15, 0.2) is 0 Å². The van der Waals surface area contributed by atoms with E-state index in [2.05, 4.69) is 40.4 Å². The molecular weight excluding hydrogens is 288 g/mol. The molecule has 0 spiro atoms. The van der Waals surface area contributed by atoms with Crippen molar-refractivity contribution in [1.29, 1.82) is 0 Å². The number of rotatable bonds is 8. The molecule has 0 atom stereocenters. The Labute approximate surface area is 140 Å². The standard InChI is InChI=1S/C18H30N4O/c1-3-4-5-17(20-19)15-22-12-10-21(11-13-22)14-16-6-8-18(23-2)9-7-16/h5-9,20H,3-4,10-15,19H2,1-2H3/b17-5+. The highest BCUT2D eigenvalue weighted by Gasteiger charge is 2.17. The number of piperazine rings is 1. The number of nitrogens with two attached hydrogens (primary N) is 1. The van der Waals surface area contributed by atoms with Gasteiger partial charge >= 0.3 is 0 Å². The summed E-state index contributed by atoms with van der Waals surface area (Å²) >= 11 is 0. The second kappa shape index (κ2) is 9.55. The molecule has 0 saturated carbocycles. The maximum absolute atomic E-state index is 5.62. The Kier molecular flexibility index (Phi) is 7.39. The molecule has 0 aliphatic carbocycles. The van der Waals surface area contributed by atoms with Crippen LogP contribution in [0.5, 0.6) is 5.75 Å². The SMILES string of the molecule is CCC/C=C(\CN1CCN(Cc2ccc(OC)cc2)CC1)NN. The molecule has 1 aromatic rings. The van der Waals surface area contributed by atoms with Gasteiger partial charge in [-0.05, 0) is 24.1 Å². The van der Waals surface area contributed by atoms with Crippen LogP contribution in [0.25, 0.3) is 0 Å². The number of nitrogens with zero attached hydrogens (tertiary/aromatic N) is 2. The van der Waals surface area contributed by atoms with Gasteiger partial charge in [0, 0.05) is 45.0 Å². The van der Waals surface area contributed by atoms with Crippen LogP contribution in [0, 0.1) is 0 Å². The predicted octanol–water partition coefficient (Wildman–Crippen LogP) is 1.96. The Morgan fingerprint density at radius 3 is 2.39 bits per heavy atom. The lowest BCUT2D eigenvalue weighted by Crippen LogP contribution is -2.47. The van der Waals surface area contributed by atoms with Crippen LogP contribution in [0.4, 0.5) is 0 Å². The Balaban J connectivity index is 1.76. The molecule has 0 aromatic heterocycles. The Morgan fingerprint density at radius 1 is 1.17 bits per heavy atom. The molecule has 2 rings (SSSR count). The van der Waals surface area contributed by atoms with Crippen molar-refractivity contribution in [1.82, 2.24) is 15.2 Å². The zero-order valence-electron chi connectivity index (χ0n) is 14.4. The second-order valence-corrected chi connectivity index (χ2v) is 6.06. The highest BCUT2D eigenvalue weighted by atomic mass is 16.5. The summed E-state index contributed by atoms with van der Waals surface area (Å²) in [7, 11) is 1.70. The first kappa shape index (κ1) is 17.8. The van der Waals surface area contributed by atoms with Gasteiger partial charge in [-0.1, -0.05) is 31.6 Å². The lowest BCUT2D eigenvalue weighted by atomic mass is 10.2. The maximum Gasteiger partial charge on any atom is 0.118 e. The summed E-state index contributed by atoms with van der Waals surface area (Å²) in [5.74, 6) is 6.53. The first-order valence-corrected chi connectivity index (χ1v) is 8.48. The third-order valence-electron chi connectivity index (χ3n) is 4.29. The molecule has 0 radical (unpaired) electrons. The minimum absolute atomic E-state index is 0.916. The van der Waals surface area contributed by atoms with Crippen LogP contribution in [-0.4, -0.2) is 49.6 Å². The summed E-state index contributed by atoms with van der Waals surface area (Å²) in [6.07, 6.45) is 4.45. The molecule has 1 aliphatic heterocycles. The van der Waals surface area contributed by atoms with E-state index in [4.69, 9.17) is 10.6 Å². The van der Waals surface area contributed by atoms with E-state index in [-0.39, 0.29) is 0 Å². The lowest BCUT2D eigenvalue weighted by Gasteiger charge is -2.35. The van der Waals surface area contributed by atoms with Crippen LogP contribution in [0.1, 0.15) is 25.3 Å². The molecule has 3 N–H and O–H groups in total.